The normalized spacial score (nSPS) is 16.3. The molecule has 0 bridgehead atoms. The number of rotatable bonds is 5. The molecule has 0 spiro atoms. The Bertz CT molecular complexity index is 420. The summed E-state index contributed by atoms with van der Waals surface area (Å²) in [5, 5.41) is 3.27. The molecule has 7 heteroatoms. The summed E-state index contributed by atoms with van der Waals surface area (Å²) < 4.78 is 0. The molecular weight excluding hydrogens is 282 g/mol. The quantitative estimate of drug-likeness (QED) is 0.566. The van der Waals surface area contributed by atoms with Crippen LogP contribution in [0.3, 0.4) is 0 Å². The van der Waals surface area contributed by atoms with Crippen molar-refractivity contribution in [3.8, 4) is 0 Å². The van der Waals surface area contributed by atoms with Crippen molar-refractivity contribution in [2.24, 2.45) is 10.9 Å². The van der Waals surface area contributed by atoms with E-state index in [9.17, 15) is 9.59 Å². The van der Waals surface area contributed by atoms with Gasteiger partial charge in [0.1, 0.15) is 6.54 Å². The summed E-state index contributed by atoms with van der Waals surface area (Å²) in [5.41, 5.74) is 0. The first-order chi connectivity index (χ1) is 10.3. The largest absolute Gasteiger partial charge is 0.356 e. The Morgan fingerprint density at radius 3 is 2.55 bits per heavy atom. The van der Waals surface area contributed by atoms with Crippen LogP contribution < -0.4 is 5.32 Å². The number of hydrogen-bond donors (Lipinski definition) is 1. The third-order valence-electron chi connectivity index (χ3n) is 3.53. The molecule has 0 atom stereocenters. The van der Waals surface area contributed by atoms with Crippen LogP contribution in [0.5, 0.6) is 0 Å². The molecule has 1 saturated heterocycles. The van der Waals surface area contributed by atoms with Crippen LogP contribution >= 0.6 is 0 Å². The first kappa shape index (κ1) is 18.3. The number of nitrogens with one attached hydrogen (secondary N) is 1. The maximum Gasteiger partial charge on any atom is 0.243 e. The molecule has 0 saturated carbocycles. The maximum atomic E-state index is 12.1. The van der Waals surface area contributed by atoms with E-state index < -0.39 is 0 Å². The van der Waals surface area contributed by atoms with E-state index in [1.807, 2.05) is 16.7 Å². The smallest absolute Gasteiger partial charge is 0.243 e. The second-order valence-corrected chi connectivity index (χ2v) is 6.10. The van der Waals surface area contributed by atoms with Gasteiger partial charge in [-0.05, 0) is 12.8 Å². The highest BCUT2D eigenvalue weighted by molar-refractivity contribution is 5.89. The van der Waals surface area contributed by atoms with E-state index in [4.69, 9.17) is 0 Å². The zero-order valence-corrected chi connectivity index (χ0v) is 14.4. The molecule has 7 nitrogen and oxygen atoms in total. The van der Waals surface area contributed by atoms with Crippen LogP contribution in [0, 0.1) is 5.92 Å². The molecule has 0 aromatic carbocycles. The van der Waals surface area contributed by atoms with Gasteiger partial charge in [0.25, 0.3) is 0 Å². The number of aliphatic imine (C=N–C) groups is 1. The molecule has 1 rings (SSSR count). The predicted molar refractivity (Wildman–Crippen MR) is 87.7 cm³/mol. The number of amides is 2. The first-order valence-corrected chi connectivity index (χ1v) is 7.86. The molecule has 1 fully saturated rings. The Morgan fingerprint density at radius 2 is 2.05 bits per heavy atom. The average Bonchev–Trinajstić information content (AvgIpc) is 2.46. The van der Waals surface area contributed by atoms with Crippen LogP contribution in [-0.2, 0) is 9.59 Å². The van der Waals surface area contributed by atoms with Crippen LogP contribution in [0.25, 0.3) is 0 Å². The average molecular weight is 311 g/mol. The summed E-state index contributed by atoms with van der Waals surface area (Å²) in [6.07, 6.45) is 0. The third-order valence-corrected chi connectivity index (χ3v) is 3.53. The second-order valence-electron chi connectivity index (χ2n) is 6.10. The van der Waals surface area contributed by atoms with Crippen LogP contribution in [-0.4, -0.2) is 85.8 Å². The lowest BCUT2D eigenvalue weighted by Crippen LogP contribution is -2.55. The van der Waals surface area contributed by atoms with Crippen molar-refractivity contribution in [1.82, 2.24) is 20.0 Å². The Labute approximate surface area is 133 Å². The second kappa shape index (κ2) is 8.60. The van der Waals surface area contributed by atoms with E-state index in [0.29, 0.717) is 25.0 Å². The highest BCUT2D eigenvalue weighted by atomic mass is 16.2. The lowest BCUT2D eigenvalue weighted by Gasteiger charge is -2.35. The molecule has 0 radical (unpaired) electrons. The fraction of sp³-hybridized carbons (Fsp3) is 0.800. The number of carbonyl (C=O) groups excluding carboxylic acids is 2. The van der Waals surface area contributed by atoms with Gasteiger partial charge in [0.2, 0.25) is 11.8 Å². The number of nitrogens with zero attached hydrogens (tertiary/aromatic N) is 4. The van der Waals surface area contributed by atoms with Crippen molar-refractivity contribution in [2.75, 3.05) is 53.4 Å². The Hall–Kier alpha value is -1.79. The molecule has 1 aliphatic heterocycles. The van der Waals surface area contributed by atoms with E-state index in [-0.39, 0.29) is 18.4 Å². The van der Waals surface area contributed by atoms with Crippen molar-refractivity contribution in [3.63, 3.8) is 0 Å². The monoisotopic (exact) mass is 311 g/mol. The van der Waals surface area contributed by atoms with Gasteiger partial charge < -0.3 is 20.0 Å². The maximum absolute atomic E-state index is 12.1. The van der Waals surface area contributed by atoms with Gasteiger partial charge >= 0.3 is 0 Å². The van der Waals surface area contributed by atoms with Crippen LogP contribution in [0.1, 0.15) is 20.8 Å². The summed E-state index contributed by atoms with van der Waals surface area (Å²) in [6.45, 7) is 9.53. The molecule has 0 aromatic heterocycles. The molecule has 126 valence electrons. The minimum Gasteiger partial charge on any atom is -0.356 e. The molecule has 0 unspecified atom stereocenters. The Morgan fingerprint density at radius 1 is 1.36 bits per heavy atom. The minimum absolute atomic E-state index is 0.0534. The van der Waals surface area contributed by atoms with Gasteiger partial charge in [0, 0.05) is 40.3 Å². The summed E-state index contributed by atoms with van der Waals surface area (Å²) >= 11 is 0. The lowest BCUT2D eigenvalue weighted by atomic mass is 10.2. The molecule has 2 amide bonds. The van der Waals surface area contributed by atoms with Gasteiger partial charge in [-0.2, -0.15) is 0 Å². The molecule has 1 N–H and O–H groups in total. The van der Waals surface area contributed by atoms with Gasteiger partial charge in [0.15, 0.2) is 5.96 Å². The summed E-state index contributed by atoms with van der Waals surface area (Å²) in [6, 6.07) is 0. The van der Waals surface area contributed by atoms with Gasteiger partial charge in [-0.1, -0.05) is 13.8 Å². The molecular formula is C15H29N5O2. The first-order valence-electron chi connectivity index (χ1n) is 7.86. The van der Waals surface area contributed by atoms with E-state index in [2.05, 4.69) is 24.2 Å². The van der Waals surface area contributed by atoms with Crippen molar-refractivity contribution in [1.29, 1.82) is 0 Å². The molecule has 1 aliphatic rings. The van der Waals surface area contributed by atoms with E-state index in [0.717, 1.165) is 19.6 Å². The zero-order chi connectivity index (χ0) is 16.7. The fourth-order valence-electron chi connectivity index (χ4n) is 2.07. The highest BCUT2D eigenvalue weighted by Gasteiger charge is 2.25. The number of guanidine groups is 1. The van der Waals surface area contributed by atoms with E-state index in [1.165, 1.54) is 4.90 Å². The predicted octanol–water partition coefficient (Wildman–Crippen LogP) is -0.160. The summed E-state index contributed by atoms with van der Waals surface area (Å²) in [5.74, 6) is 1.16. The summed E-state index contributed by atoms with van der Waals surface area (Å²) in [7, 11) is 3.42. The van der Waals surface area contributed by atoms with Gasteiger partial charge in [0.05, 0.1) is 6.54 Å². The van der Waals surface area contributed by atoms with Crippen molar-refractivity contribution in [2.45, 2.75) is 20.8 Å². The third kappa shape index (κ3) is 5.54. The van der Waals surface area contributed by atoms with Crippen molar-refractivity contribution >= 4 is 17.8 Å². The SMILES string of the molecule is CCN1CCN(C(=NCC(=O)N(C)C)NCC(C)C)CC1=O. The lowest BCUT2D eigenvalue weighted by molar-refractivity contribution is -0.134. The Kier molecular flexibility index (Phi) is 7.14. The summed E-state index contributed by atoms with van der Waals surface area (Å²) in [4.78, 5) is 33.5. The number of hydrogen-bond acceptors (Lipinski definition) is 3. The van der Waals surface area contributed by atoms with Crippen molar-refractivity contribution in [3.05, 3.63) is 0 Å². The Balaban J connectivity index is 2.75. The number of carbonyl (C=O) groups is 2. The fourth-order valence-corrected chi connectivity index (χ4v) is 2.07. The minimum atomic E-state index is -0.0534. The van der Waals surface area contributed by atoms with Crippen LogP contribution in [0.4, 0.5) is 0 Å². The van der Waals surface area contributed by atoms with Crippen molar-refractivity contribution < 1.29 is 9.59 Å². The number of piperazine rings is 1. The standard InChI is InChI=1S/C15H29N5O2/c1-6-19-7-8-20(11-14(19)22)15(16-9-12(2)3)17-10-13(21)18(4)5/h12H,6-11H2,1-5H3,(H,16,17). The van der Waals surface area contributed by atoms with E-state index in [1.54, 1.807) is 14.1 Å². The topological polar surface area (TPSA) is 68.2 Å². The molecule has 22 heavy (non-hydrogen) atoms. The zero-order valence-electron chi connectivity index (χ0n) is 14.4. The molecule has 0 aromatic rings. The van der Waals surface area contributed by atoms with Gasteiger partial charge in [-0.15, -0.1) is 0 Å². The van der Waals surface area contributed by atoms with Gasteiger partial charge in [-0.3, -0.25) is 9.59 Å². The van der Waals surface area contributed by atoms with Crippen LogP contribution in [0.2, 0.25) is 0 Å². The highest BCUT2D eigenvalue weighted by Crippen LogP contribution is 2.04. The van der Waals surface area contributed by atoms with Crippen LogP contribution in [0.15, 0.2) is 4.99 Å². The molecule has 0 aliphatic carbocycles. The molecule has 1 heterocycles. The number of likely N-dealkylation sites (N-methyl/N-ethyl adjacent to an activating group) is 2. The van der Waals surface area contributed by atoms with Gasteiger partial charge in [-0.25, -0.2) is 4.99 Å². The van der Waals surface area contributed by atoms with E-state index >= 15 is 0 Å².